The van der Waals surface area contributed by atoms with Gasteiger partial charge in [0, 0.05) is 25.2 Å². The second kappa shape index (κ2) is 10.0. The lowest BCUT2D eigenvalue weighted by Gasteiger charge is -2.42. The molecule has 0 saturated carbocycles. The van der Waals surface area contributed by atoms with Crippen molar-refractivity contribution in [3.63, 3.8) is 0 Å². The predicted molar refractivity (Wildman–Crippen MR) is 134 cm³/mol. The van der Waals surface area contributed by atoms with Crippen molar-refractivity contribution in [3.8, 4) is 0 Å². The summed E-state index contributed by atoms with van der Waals surface area (Å²) in [5, 5.41) is 17.8. The zero-order chi connectivity index (χ0) is 24.3. The summed E-state index contributed by atoms with van der Waals surface area (Å²) in [6.07, 6.45) is 0. The zero-order valence-electron chi connectivity index (χ0n) is 18.5. The Morgan fingerprint density at radius 1 is 1.06 bits per heavy atom. The van der Waals surface area contributed by atoms with Crippen molar-refractivity contribution in [3.05, 3.63) is 94.0 Å². The van der Waals surface area contributed by atoms with Crippen molar-refractivity contribution in [1.29, 1.82) is 0 Å². The van der Waals surface area contributed by atoms with Crippen LogP contribution in [0.3, 0.4) is 0 Å². The molecule has 9 heteroatoms. The summed E-state index contributed by atoms with van der Waals surface area (Å²) in [7, 11) is 1.94. The third-order valence-electron chi connectivity index (χ3n) is 5.62. The van der Waals surface area contributed by atoms with E-state index < -0.39 is 17.7 Å². The number of anilines is 2. The minimum Gasteiger partial charge on any atom is -0.359 e. The average Bonchev–Trinajstić information content (AvgIpc) is 2.82. The molecule has 7 nitrogen and oxygen atoms in total. The Hall–Kier alpha value is -3.10. The molecule has 4 rings (SSSR count). The molecule has 3 amide bonds. The average molecular weight is 499 g/mol. The van der Waals surface area contributed by atoms with Gasteiger partial charge in [0.15, 0.2) is 0 Å². The maximum absolute atomic E-state index is 13.4. The molecule has 3 aromatic rings. The van der Waals surface area contributed by atoms with Crippen molar-refractivity contribution in [2.24, 2.45) is 0 Å². The summed E-state index contributed by atoms with van der Waals surface area (Å²) in [6, 6.07) is 20.4. The molecule has 0 spiro atoms. The number of carbonyl (C=O) groups is 2. The van der Waals surface area contributed by atoms with Gasteiger partial charge < -0.3 is 20.6 Å². The topological polar surface area (TPSA) is 84.9 Å². The summed E-state index contributed by atoms with van der Waals surface area (Å²) < 4.78 is 0. The summed E-state index contributed by atoms with van der Waals surface area (Å²) in [4.78, 5) is 29.5. The van der Waals surface area contributed by atoms with Gasteiger partial charge in [0.2, 0.25) is 0 Å². The van der Waals surface area contributed by atoms with E-state index >= 15 is 0 Å². The molecule has 3 N–H and O–H groups in total. The summed E-state index contributed by atoms with van der Waals surface area (Å²) in [6.45, 7) is 1.52. The van der Waals surface area contributed by atoms with Gasteiger partial charge in [-0.3, -0.25) is 9.69 Å². The fraction of sp³-hybridized carbons (Fsp3) is 0.200. The third-order valence-corrected chi connectivity index (χ3v) is 6.36. The number of benzene rings is 3. The first-order valence-electron chi connectivity index (χ1n) is 10.7. The van der Waals surface area contributed by atoms with Gasteiger partial charge in [0.25, 0.3) is 11.6 Å². The van der Waals surface area contributed by atoms with Gasteiger partial charge in [-0.25, -0.2) is 4.79 Å². The number of nitrogens with zero attached hydrogens (tertiary/aromatic N) is 2. The van der Waals surface area contributed by atoms with E-state index in [1.54, 1.807) is 24.3 Å². The molecule has 0 aromatic heterocycles. The molecule has 3 aromatic carbocycles. The minimum atomic E-state index is -2.30. The van der Waals surface area contributed by atoms with E-state index in [1.165, 1.54) is 18.2 Å². The van der Waals surface area contributed by atoms with Crippen molar-refractivity contribution in [1.82, 2.24) is 10.2 Å². The monoisotopic (exact) mass is 498 g/mol. The summed E-state index contributed by atoms with van der Waals surface area (Å²) >= 11 is 12.2. The van der Waals surface area contributed by atoms with Gasteiger partial charge in [0.05, 0.1) is 21.4 Å². The first-order chi connectivity index (χ1) is 16.3. The number of halogens is 2. The van der Waals surface area contributed by atoms with Gasteiger partial charge in [0.1, 0.15) is 0 Å². The lowest BCUT2D eigenvalue weighted by atomic mass is 9.95. The van der Waals surface area contributed by atoms with Crippen LogP contribution in [0.2, 0.25) is 10.0 Å². The number of hydrogen-bond acceptors (Lipinski definition) is 4. The molecule has 0 saturated heterocycles. The fourth-order valence-electron chi connectivity index (χ4n) is 3.94. The molecule has 176 valence electrons. The fourth-order valence-corrected chi connectivity index (χ4v) is 4.24. The smallest absolute Gasteiger partial charge is 0.329 e. The second-order valence-corrected chi connectivity index (χ2v) is 8.88. The number of likely N-dealkylation sites (N-methyl/N-ethyl adjacent to an activating group) is 1. The Bertz CT molecular complexity index is 1210. The lowest BCUT2D eigenvalue weighted by molar-refractivity contribution is -0.140. The minimum absolute atomic E-state index is 0.191. The number of hydrogen-bond donors (Lipinski definition) is 3. The van der Waals surface area contributed by atoms with Gasteiger partial charge in [-0.1, -0.05) is 71.7 Å². The van der Waals surface area contributed by atoms with Crippen LogP contribution in [-0.2, 0) is 17.1 Å². The molecule has 34 heavy (non-hydrogen) atoms. The maximum Gasteiger partial charge on any atom is 0.329 e. The highest BCUT2D eigenvalue weighted by molar-refractivity contribution is 6.42. The quantitative estimate of drug-likeness (QED) is 0.449. The Balaban J connectivity index is 1.58. The molecule has 1 aliphatic heterocycles. The van der Waals surface area contributed by atoms with E-state index in [2.05, 4.69) is 15.5 Å². The predicted octanol–water partition coefficient (Wildman–Crippen LogP) is 4.44. The van der Waals surface area contributed by atoms with Crippen LogP contribution in [0.5, 0.6) is 0 Å². The Morgan fingerprint density at radius 2 is 1.76 bits per heavy atom. The number of urea groups is 1. The van der Waals surface area contributed by atoms with Crippen LogP contribution >= 0.6 is 23.2 Å². The molecular weight excluding hydrogens is 475 g/mol. The Labute approximate surface area is 207 Å². The molecule has 1 aliphatic rings. The molecule has 0 radical (unpaired) electrons. The van der Waals surface area contributed by atoms with E-state index in [0.29, 0.717) is 18.8 Å². The van der Waals surface area contributed by atoms with Crippen molar-refractivity contribution < 1.29 is 14.7 Å². The van der Waals surface area contributed by atoms with E-state index in [4.69, 9.17) is 23.2 Å². The second-order valence-electron chi connectivity index (χ2n) is 8.06. The van der Waals surface area contributed by atoms with Crippen molar-refractivity contribution in [2.75, 3.05) is 30.4 Å². The number of carbonyl (C=O) groups excluding carboxylic acids is 2. The van der Waals surface area contributed by atoms with Crippen LogP contribution in [0.1, 0.15) is 11.1 Å². The lowest BCUT2D eigenvalue weighted by Crippen LogP contribution is -2.63. The number of fused-ring (bicyclic) bond motifs is 1. The molecule has 1 unspecified atom stereocenters. The van der Waals surface area contributed by atoms with E-state index in [0.717, 1.165) is 10.5 Å². The number of nitrogens with one attached hydrogen (secondary N) is 2. The SMILES string of the molecule is CN(CCNC(=O)C1(O)c2ccccc2NC(=O)N1c1ccc(Cl)c(Cl)c1)Cc1ccccc1. The molecule has 0 aliphatic carbocycles. The number of amides is 3. The first-order valence-corrected chi connectivity index (χ1v) is 11.4. The van der Waals surface area contributed by atoms with Gasteiger partial charge in [-0.2, -0.15) is 0 Å². The standard InChI is InChI=1S/C25H24Cl2N4O3/c1-30(16-17-7-3-2-4-8-17)14-13-28-23(32)25(34)19-9-5-6-10-22(19)29-24(33)31(25)18-11-12-20(26)21(27)15-18/h2-12,15,34H,13-14,16H2,1H3,(H,28,32)(H,29,33). The van der Waals surface area contributed by atoms with Crippen LogP contribution in [0.25, 0.3) is 0 Å². The number of rotatable bonds is 7. The van der Waals surface area contributed by atoms with Crippen LogP contribution in [-0.4, -0.2) is 42.1 Å². The molecule has 0 bridgehead atoms. The molecule has 0 fully saturated rings. The van der Waals surface area contributed by atoms with Gasteiger partial charge in [-0.05, 0) is 36.9 Å². The normalized spacial score (nSPS) is 17.3. The Morgan fingerprint density at radius 3 is 2.50 bits per heavy atom. The largest absolute Gasteiger partial charge is 0.359 e. The van der Waals surface area contributed by atoms with Crippen LogP contribution < -0.4 is 15.5 Å². The van der Waals surface area contributed by atoms with E-state index in [9.17, 15) is 14.7 Å². The number of para-hydroxylation sites is 1. The molecular formula is C25H24Cl2N4O3. The van der Waals surface area contributed by atoms with Crippen LogP contribution in [0.4, 0.5) is 16.2 Å². The van der Waals surface area contributed by atoms with Gasteiger partial charge in [-0.15, -0.1) is 0 Å². The maximum atomic E-state index is 13.4. The van der Waals surface area contributed by atoms with Crippen LogP contribution in [0, 0.1) is 0 Å². The zero-order valence-corrected chi connectivity index (χ0v) is 20.0. The number of aliphatic hydroxyl groups is 1. The van der Waals surface area contributed by atoms with E-state index in [-0.39, 0.29) is 27.8 Å². The first kappa shape index (κ1) is 24.0. The van der Waals surface area contributed by atoms with E-state index in [1.807, 2.05) is 37.4 Å². The highest BCUT2D eigenvalue weighted by Gasteiger charge is 2.51. The molecule has 1 atom stereocenters. The van der Waals surface area contributed by atoms with Crippen molar-refractivity contribution >= 4 is 46.5 Å². The summed E-state index contributed by atoms with van der Waals surface area (Å²) in [5.41, 5.74) is -0.328. The van der Waals surface area contributed by atoms with Gasteiger partial charge >= 0.3 is 6.03 Å². The third kappa shape index (κ3) is 4.74. The summed E-state index contributed by atoms with van der Waals surface area (Å²) in [5.74, 6) is -0.728. The highest BCUT2D eigenvalue weighted by Crippen LogP contribution is 2.41. The van der Waals surface area contributed by atoms with Crippen molar-refractivity contribution in [2.45, 2.75) is 12.3 Å². The highest BCUT2D eigenvalue weighted by atomic mass is 35.5. The Kier molecular flexibility index (Phi) is 7.09. The molecule has 1 heterocycles. The van der Waals surface area contributed by atoms with Crippen LogP contribution in [0.15, 0.2) is 72.8 Å².